The summed E-state index contributed by atoms with van der Waals surface area (Å²) in [6.07, 6.45) is 3.00. The van der Waals surface area contributed by atoms with E-state index in [1.165, 1.54) is 0 Å². The summed E-state index contributed by atoms with van der Waals surface area (Å²) in [7, 11) is 0. The first-order valence-electron chi connectivity index (χ1n) is 38.0. The molecule has 8 aromatic heterocycles. The van der Waals surface area contributed by atoms with Crippen molar-refractivity contribution in [2.45, 2.75) is 132 Å². The van der Waals surface area contributed by atoms with Gasteiger partial charge in [-0.15, -0.1) is 58.5 Å². The van der Waals surface area contributed by atoms with Crippen LogP contribution in [0.15, 0.2) is 192 Å². The number of ether oxygens (including phenoxy) is 4. The zero-order valence-electron chi connectivity index (χ0n) is 66.4. The van der Waals surface area contributed by atoms with Crippen LogP contribution in [0.1, 0.15) is 147 Å². The summed E-state index contributed by atoms with van der Waals surface area (Å²) in [5.74, 6) is 3.13. The fourth-order valence-corrected chi connectivity index (χ4v) is 14.5. The number of aliphatic hydroxyl groups is 4. The minimum absolute atomic E-state index is 0.223. The van der Waals surface area contributed by atoms with Crippen LogP contribution in [-0.4, -0.2) is 111 Å². The van der Waals surface area contributed by atoms with E-state index in [1.54, 1.807) is 158 Å². The Morgan fingerprint density at radius 1 is 0.345 bits per heavy atom. The van der Waals surface area contributed by atoms with Crippen molar-refractivity contribution in [3.05, 3.63) is 260 Å². The molecule has 8 heterocycles. The van der Waals surface area contributed by atoms with Crippen molar-refractivity contribution in [1.82, 2.24) is 39.9 Å². The predicted molar refractivity (Wildman–Crippen MR) is 461 cm³/mol. The Labute approximate surface area is 691 Å². The molecule has 12 rings (SSSR count). The number of aryl methyl sites for hydroxylation is 4. The molecular weight excluding hydrogens is 1550 g/mol. The van der Waals surface area contributed by atoms with Gasteiger partial charge in [0.1, 0.15) is 23.3 Å². The predicted octanol–water partition coefficient (Wildman–Crippen LogP) is 18.5. The van der Waals surface area contributed by atoms with Crippen molar-refractivity contribution in [3.63, 3.8) is 0 Å². The summed E-state index contributed by atoms with van der Waals surface area (Å²) < 4.78 is 19.5. The molecule has 0 aliphatic carbocycles. The van der Waals surface area contributed by atoms with Gasteiger partial charge in [0.15, 0.2) is 47.7 Å². The van der Waals surface area contributed by atoms with Crippen LogP contribution in [0.4, 0.5) is 46.0 Å². The van der Waals surface area contributed by atoms with Crippen molar-refractivity contribution in [1.29, 1.82) is 0 Å². The largest absolute Gasteiger partial charge is 0.464 e. The van der Waals surface area contributed by atoms with E-state index in [1.807, 2.05) is 108 Å². The number of nitrogens with one attached hydrogen (secondary N) is 4. The van der Waals surface area contributed by atoms with Crippen LogP contribution < -0.4 is 21.3 Å². The van der Waals surface area contributed by atoms with Gasteiger partial charge in [-0.3, -0.25) is 0 Å². The van der Waals surface area contributed by atoms with E-state index in [0.29, 0.717) is 64.2 Å². The van der Waals surface area contributed by atoms with Gasteiger partial charge in [-0.05, 0) is 197 Å². The molecule has 0 amide bonds. The van der Waals surface area contributed by atoms with Crippen molar-refractivity contribution in [3.8, 4) is 42.8 Å². The number of hydrogen-bond donors (Lipinski definition) is 8. The van der Waals surface area contributed by atoms with Crippen LogP contribution in [0.5, 0.6) is 0 Å². The monoisotopic (exact) mass is 1640 g/mol. The molecule has 604 valence electrons. The Hall–Kier alpha value is -11.6. The molecule has 12 aromatic rings. The van der Waals surface area contributed by atoms with Crippen LogP contribution >= 0.6 is 45.3 Å². The van der Waals surface area contributed by atoms with Crippen LogP contribution in [0.2, 0.25) is 0 Å². The van der Waals surface area contributed by atoms with Gasteiger partial charge in [-0.2, -0.15) is 0 Å². The average Bonchev–Trinajstić information content (AvgIpc) is 1.17. The average molecular weight is 1640 g/mol. The Balaban J connectivity index is 0.000000177. The van der Waals surface area contributed by atoms with E-state index < -0.39 is 48.3 Å². The maximum Gasteiger partial charge on any atom is 0.339 e. The van der Waals surface area contributed by atoms with Gasteiger partial charge < -0.3 is 60.6 Å². The molecule has 4 aromatic carbocycles. The number of anilines is 8. The van der Waals surface area contributed by atoms with E-state index in [9.17, 15) is 39.6 Å². The highest BCUT2D eigenvalue weighted by Crippen LogP contribution is 2.35. The van der Waals surface area contributed by atoms with Gasteiger partial charge in [0.05, 0.1) is 45.9 Å². The summed E-state index contributed by atoms with van der Waals surface area (Å²) >= 11 is 6.39. The first kappa shape index (κ1) is 88.4. The van der Waals surface area contributed by atoms with Crippen molar-refractivity contribution in [2.24, 2.45) is 0 Å². The van der Waals surface area contributed by atoms with Gasteiger partial charge in [-0.25, -0.2) is 59.0 Å². The molecule has 24 nitrogen and oxygen atoms in total. The van der Waals surface area contributed by atoms with Crippen LogP contribution in [0, 0.1) is 13.8 Å². The molecule has 0 saturated heterocycles. The number of rotatable bonds is 32. The minimum atomic E-state index is -1.30. The first-order chi connectivity index (χ1) is 56.2. The molecule has 116 heavy (non-hydrogen) atoms. The summed E-state index contributed by atoms with van der Waals surface area (Å²) in [6.45, 7) is 27.7. The topological polar surface area (TPSA) is 337 Å². The lowest BCUT2D eigenvalue weighted by molar-refractivity contribution is -0.154. The maximum atomic E-state index is 11.7. The van der Waals surface area contributed by atoms with E-state index >= 15 is 0 Å². The number of allylic oxidation sites excluding steroid dienone is 2. The van der Waals surface area contributed by atoms with Crippen molar-refractivity contribution in [2.75, 3.05) is 47.7 Å². The van der Waals surface area contributed by atoms with E-state index in [0.717, 1.165) is 130 Å². The molecule has 0 radical (unpaired) electrons. The van der Waals surface area contributed by atoms with E-state index in [4.69, 9.17) is 48.9 Å². The maximum absolute atomic E-state index is 11.7. The number of carbonyl (C=O) groups is 4. The summed E-state index contributed by atoms with van der Waals surface area (Å²) in [4.78, 5) is 88.7. The zero-order valence-corrected chi connectivity index (χ0v) is 69.6. The zero-order chi connectivity index (χ0) is 83.2. The summed E-state index contributed by atoms with van der Waals surface area (Å²) in [6, 6.07) is 43.9. The number of aliphatic hydroxyl groups excluding tert-OH is 4. The molecule has 4 atom stereocenters. The SMILES string of the molecule is C=CCc1c(C)nc(-c2cccs2)nc1Nc1ccc(C(O)C(=O)OCC)cc1.C=CCc1c(CC)nc(-c2cccs2)nc1Nc1ccc(C(O)C(=O)OCC)cc1.CCOC(=O)C(O)c1ccc(Nc2nc(-c3cccs3)nc(C)c2CC)cc1.CCOC(=O)C(O)c1ccc(Nc2nc(-c3cccs3)nc(CC)c2CC)cc1. The highest BCUT2D eigenvalue weighted by molar-refractivity contribution is 7.14. The van der Waals surface area contributed by atoms with Gasteiger partial charge in [0.2, 0.25) is 0 Å². The third-order valence-corrected chi connectivity index (χ3v) is 21.1. The van der Waals surface area contributed by atoms with Crippen LogP contribution in [0.25, 0.3) is 42.8 Å². The second-order valence-corrected chi connectivity index (χ2v) is 29.3. The standard InChI is InChI=1S/C23H25N3O3S.C22H23N3O3S.C22H25N3O3S.C21H23N3O3S/c1-4-8-17-18(5-2)25-22(19-9-7-14-30-19)26-21(17)24-16-12-10-15(11-13-16)20(27)23(28)29-6-3;1-4-7-17-14(3)23-21(18-8-6-13-29-18)25-20(17)24-16-11-9-15(10-12-16)19(26)22(27)28-5-2;1-4-16-17(5-2)24-21(18-8-7-13-29-18)25-20(16)23-15-11-9-14(10-12-15)19(26)22(27)28-6-3;1-4-16-13(3)22-20(17-7-6-12-28-17)24-19(16)23-15-10-8-14(9-11-15)18(25)21(26)27-5-2/h4,7,9-14,20,27H,1,5-6,8H2,2-3H3,(H,24,25,26);4,6,8-13,19,26H,1,5,7H2,2-3H3,(H,23,24,25);7-13,19,26H,4-6H2,1-3H3,(H,23,24,25);6-12,18,25H,4-5H2,1-3H3,(H,22,23,24). The number of carbonyl (C=O) groups excluding carboxylic acids is 4. The summed E-state index contributed by atoms with van der Waals surface area (Å²) in [5.41, 5.74) is 13.1. The normalized spacial score (nSPS) is 11.8. The number of thiophene rings is 4. The Bertz CT molecular complexity index is 5170. The van der Waals surface area contributed by atoms with Gasteiger partial charge in [-0.1, -0.05) is 113 Å². The second-order valence-electron chi connectivity index (χ2n) is 25.5. The molecule has 0 aliphatic heterocycles. The third-order valence-electron chi connectivity index (χ3n) is 17.6. The minimum Gasteiger partial charge on any atom is -0.464 e. The Kier molecular flexibility index (Phi) is 33.8. The molecule has 0 saturated carbocycles. The smallest absolute Gasteiger partial charge is 0.339 e. The number of esters is 4. The fraction of sp³-hybridized carbons (Fsp3) is 0.273. The molecule has 0 aliphatic rings. The molecular formula is C88H96N12O12S4. The van der Waals surface area contributed by atoms with Gasteiger partial charge in [0, 0.05) is 67.8 Å². The quantitative estimate of drug-likeness (QED) is 0.0110. The summed E-state index contributed by atoms with van der Waals surface area (Å²) in [5, 5.41) is 61.7. The van der Waals surface area contributed by atoms with E-state index in [-0.39, 0.29) is 26.4 Å². The molecule has 4 unspecified atom stereocenters. The molecule has 0 bridgehead atoms. The van der Waals surface area contributed by atoms with Crippen molar-refractivity contribution >= 4 is 115 Å². The molecule has 0 spiro atoms. The number of nitrogens with zero attached hydrogens (tertiary/aromatic N) is 8. The first-order valence-corrected chi connectivity index (χ1v) is 41.5. The van der Waals surface area contributed by atoms with Crippen LogP contribution in [-0.2, 0) is 76.7 Å². The lowest BCUT2D eigenvalue weighted by Crippen LogP contribution is -2.15. The fourth-order valence-electron chi connectivity index (χ4n) is 11.8. The van der Waals surface area contributed by atoms with Crippen LogP contribution in [0.3, 0.4) is 0 Å². The molecule has 28 heteroatoms. The highest BCUT2D eigenvalue weighted by Gasteiger charge is 2.25. The number of benzene rings is 4. The van der Waals surface area contributed by atoms with E-state index in [2.05, 4.69) is 72.1 Å². The number of aromatic nitrogens is 8. The van der Waals surface area contributed by atoms with Gasteiger partial charge in [0.25, 0.3) is 0 Å². The van der Waals surface area contributed by atoms with Crippen molar-refractivity contribution < 1.29 is 58.6 Å². The number of hydrogen-bond acceptors (Lipinski definition) is 28. The lowest BCUT2D eigenvalue weighted by Gasteiger charge is -2.16. The second kappa shape index (κ2) is 44.3. The lowest BCUT2D eigenvalue weighted by atomic mass is 10.1. The van der Waals surface area contributed by atoms with Gasteiger partial charge >= 0.3 is 23.9 Å². The Morgan fingerprint density at radius 3 is 0.853 bits per heavy atom. The highest BCUT2D eigenvalue weighted by atomic mass is 32.1. The third kappa shape index (κ3) is 23.8. The Morgan fingerprint density at radius 2 is 0.595 bits per heavy atom. The molecule has 0 fully saturated rings. The molecule has 8 N–H and O–H groups in total.